The van der Waals surface area contributed by atoms with Crippen LogP contribution in [0.15, 0.2) is 41.3 Å². The Morgan fingerprint density at radius 1 is 1.12 bits per heavy atom. The molecule has 5 nitrogen and oxygen atoms in total. The number of amides is 2. The van der Waals surface area contributed by atoms with Crippen molar-refractivity contribution in [1.29, 1.82) is 0 Å². The van der Waals surface area contributed by atoms with Gasteiger partial charge in [-0.25, -0.2) is 4.90 Å². The lowest BCUT2D eigenvalue weighted by Crippen LogP contribution is -2.29. The van der Waals surface area contributed by atoms with Crippen LogP contribution in [-0.2, 0) is 9.59 Å². The molecule has 0 saturated heterocycles. The van der Waals surface area contributed by atoms with E-state index in [-0.39, 0.29) is 11.8 Å². The first kappa shape index (κ1) is 8.84. The molecule has 0 atom stereocenters. The van der Waals surface area contributed by atoms with Crippen LogP contribution in [0.2, 0.25) is 0 Å². The minimum Gasteiger partial charge on any atom is -0.462 e. The van der Waals surface area contributed by atoms with Gasteiger partial charge in [-0.15, -0.1) is 0 Å². The second-order valence-corrected chi connectivity index (χ2v) is 3.34. The molecule has 0 radical (unpaired) electrons. The third-order valence-corrected chi connectivity index (χ3v) is 2.39. The molecular weight excluding hydrogens is 208 g/mol. The molecule has 2 amide bonds. The van der Waals surface area contributed by atoms with Gasteiger partial charge in [-0.2, -0.15) is 0 Å². The number of carbonyl (C=O) groups excluding carboxylic acids is 2. The lowest BCUT2D eigenvalue weighted by Gasteiger charge is -2.12. The number of pyridine rings is 1. The number of nitrogens with zero attached hydrogens (tertiary/aromatic N) is 2. The van der Waals surface area contributed by atoms with Gasteiger partial charge in [-0.3, -0.25) is 14.6 Å². The van der Waals surface area contributed by atoms with Gasteiger partial charge in [0.15, 0.2) is 5.58 Å². The number of aromatic nitrogens is 1. The molecular formula is C11H6N2O3. The van der Waals surface area contributed by atoms with Crippen molar-refractivity contribution in [1.82, 2.24) is 4.98 Å². The minimum absolute atomic E-state index is 0.377. The lowest BCUT2D eigenvalue weighted by atomic mass is 10.3. The van der Waals surface area contributed by atoms with E-state index in [2.05, 4.69) is 4.98 Å². The largest absolute Gasteiger partial charge is 0.462 e. The van der Waals surface area contributed by atoms with E-state index in [1.54, 1.807) is 12.3 Å². The molecule has 3 heterocycles. The number of imide groups is 1. The normalized spacial score (nSPS) is 15.4. The lowest BCUT2D eigenvalue weighted by molar-refractivity contribution is -0.119. The monoisotopic (exact) mass is 214 g/mol. The molecule has 0 unspecified atom stereocenters. The molecule has 16 heavy (non-hydrogen) atoms. The molecule has 2 aromatic heterocycles. The highest BCUT2D eigenvalue weighted by Gasteiger charge is 2.27. The zero-order valence-corrected chi connectivity index (χ0v) is 8.08. The predicted molar refractivity (Wildman–Crippen MR) is 55.6 cm³/mol. The Morgan fingerprint density at radius 2 is 1.88 bits per heavy atom. The highest BCUT2D eigenvalue weighted by molar-refractivity contribution is 6.29. The van der Waals surface area contributed by atoms with Crippen LogP contribution in [0, 0.1) is 0 Å². The Balaban J connectivity index is 2.23. The Hall–Kier alpha value is -2.43. The summed E-state index contributed by atoms with van der Waals surface area (Å²) in [6, 6.07) is 1.73. The Kier molecular flexibility index (Phi) is 1.67. The van der Waals surface area contributed by atoms with Gasteiger partial charge in [0.1, 0.15) is 5.69 Å². The number of rotatable bonds is 1. The average molecular weight is 214 g/mol. The Labute approximate surface area is 90.0 Å². The second-order valence-electron chi connectivity index (χ2n) is 3.34. The summed E-state index contributed by atoms with van der Waals surface area (Å²) < 4.78 is 5.24. The van der Waals surface area contributed by atoms with Crippen molar-refractivity contribution >= 4 is 28.5 Å². The topological polar surface area (TPSA) is 63.4 Å². The maximum atomic E-state index is 11.5. The van der Waals surface area contributed by atoms with Crippen molar-refractivity contribution < 1.29 is 14.0 Å². The molecule has 5 heteroatoms. The fourth-order valence-corrected chi connectivity index (χ4v) is 1.67. The molecule has 0 spiro atoms. The van der Waals surface area contributed by atoms with Gasteiger partial charge in [-0.05, 0) is 6.07 Å². The first-order valence-corrected chi connectivity index (χ1v) is 4.65. The third-order valence-electron chi connectivity index (χ3n) is 2.39. The van der Waals surface area contributed by atoms with Crippen LogP contribution < -0.4 is 4.90 Å². The molecule has 2 aromatic rings. The smallest absolute Gasteiger partial charge is 0.258 e. The second kappa shape index (κ2) is 3.03. The van der Waals surface area contributed by atoms with Crippen LogP contribution in [0.5, 0.6) is 0 Å². The van der Waals surface area contributed by atoms with Crippen LogP contribution in [-0.4, -0.2) is 16.8 Å². The maximum absolute atomic E-state index is 11.5. The number of carbonyl (C=O) groups is 2. The molecule has 0 aliphatic carbocycles. The van der Waals surface area contributed by atoms with Gasteiger partial charge in [0.2, 0.25) is 0 Å². The molecule has 1 aliphatic rings. The van der Waals surface area contributed by atoms with E-state index < -0.39 is 0 Å². The number of furan rings is 1. The van der Waals surface area contributed by atoms with Crippen molar-refractivity contribution in [2.45, 2.75) is 0 Å². The molecule has 0 saturated carbocycles. The van der Waals surface area contributed by atoms with Crippen molar-refractivity contribution in [3.63, 3.8) is 0 Å². The van der Waals surface area contributed by atoms with E-state index in [1.165, 1.54) is 24.6 Å². The van der Waals surface area contributed by atoms with Crippen LogP contribution in [0.1, 0.15) is 0 Å². The van der Waals surface area contributed by atoms with Crippen LogP contribution in [0.4, 0.5) is 5.69 Å². The average Bonchev–Trinajstić information content (AvgIpc) is 2.86. The standard InChI is InChI=1S/C11H6N2O3/c14-9-1-2-10(15)13(9)8-6-12-5-7-3-4-16-11(7)8/h1-6H. The van der Waals surface area contributed by atoms with Gasteiger partial charge in [-0.1, -0.05) is 0 Å². The van der Waals surface area contributed by atoms with E-state index in [1.807, 2.05) is 0 Å². The molecule has 0 fully saturated rings. The highest BCUT2D eigenvalue weighted by atomic mass is 16.3. The zero-order chi connectivity index (χ0) is 11.1. The van der Waals surface area contributed by atoms with E-state index in [0.717, 1.165) is 10.3 Å². The molecule has 78 valence electrons. The third kappa shape index (κ3) is 1.08. The maximum Gasteiger partial charge on any atom is 0.258 e. The van der Waals surface area contributed by atoms with Gasteiger partial charge in [0.25, 0.3) is 11.8 Å². The van der Waals surface area contributed by atoms with Gasteiger partial charge < -0.3 is 4.42 Å². The molecule has 0 N–H and O–H groups in total. The molecule has 0 aromatic carbocycles. The van der Waals surface area contributed by atoms with E-state index in [0.29, 0.717) is 11.3 Å². The summed E-state index contributed by atoms with van der Waals surface area (Å²) in [5, 5.41) is 0.755. The number of anilines is 1. The van der Waals surface area contributed by atoms with Crippen molar-refractivity contribution in [2.75, 3.05) is 4.90 Å². The molecule has 0 bridgehead atoms. The Bertz CT molecular complexity index is 609. The van der Waals surface area contributed by atoms with Crippen LogP contribution in [0.3, 0.4) is 0 Å². The predicted octanol–water partition coefficient (Wildman–Crippen LogP) is 1.26. The summed E-state index contributed by atoms with van der Waals surface area (Å²) in [4.78, 5) is 28.0. The summed E-state index contributed by atoms with van der Waals surface area (Å²) in [6.07, 6.45) is 7.00. The SMILES string of the molecule is O=C1C=CC(=O)N1c1cncc2ccoc12. The fourth-order valence-electron chi connectivity index (χ4n) is 1.67. The van der Waals surface area contributed by atoms with E-state index in [9.17, 15) is 9.59 Å². The first-order chi connectivity index (χ1) is 7.77. The quantitative estimate of drug-likeness (QED) is 0.670. The van der Waals surface area contributed by atoms with Crippen molar-refractivity contribution in [3.8, 4) is 0 Å². The highest BCUT2D eigenvalue weighted by Crippen LogP contribution is 2.28. The number of hydrogen-bond acceptors (Lipinski definition) is 4. The van der Waals surface area contributed by atoms with Crippen LogP contribution in [0.25, 0.3) is 11.0 Å². The summed E-state index contributed by atoms with van der Waals surface area (Å²) in [6.45, 7) is 0. The van der Waals surface area contributed by atoms with Crippen molar-refractivity contribution in [3.05, 3.63) is 36.9 Å². The van der Waals surface area contributed by atoms with E-state index in [4.69, 9.17) is 4.42 Å². The first-order valence-electron chi connectivity index (χ1n) is 4.65. The summed E-state index contributed by atoms with van der Waals surface area (Å²) in [5.41, 5.74) is 0.864. The Morgan fingerprint density at radius 3 is 2.62 bits per heavy atom. The van der Waals surface area contributed by atoms with Gasteiger partial charge in [0.05, 0.1) is 12.5 Å². The fraction of sp³-hybridized carbons (Fsp3) is 0. The summed E-state index contributed by atoms with van der Waals surface area (Å²) >= 11 is 0. The van der Waals surface area contributed by atoms with E-state index >= 15 is 0 Å². The minimum atomic E-state index is -0.379. The zero-order valence-electron chi connectivity index (χ0n) is 8.08. The van der Waals surface area contributed by atoms with Crippen LogP contribution >= 0.6 is 0 Å². The van der Waals surface area contributed by atoms with Crippen molar-refractivity contribution in [2.24, 2.45) is 0 Å². The molecule has 1 aliphatic heterocycles. The number of fused-ring (bicyclic) bond motifs is 1. The molecule has 3 rings (SSSR count). The number of hydrogen-bond donors (Lipinski definition) is 0. The van der Waals surface area contributed by atoms with Gasteiger partial charge in [0, 0.05) is 23.7 Å². The summed E-state index contributed by atoms with van der Waals surface area (Å²) in [5.74, 6) is -0.758. The van der Waals surface area contributed by atoms with Gasteiger partial charge >= 0.3 is 0 Å². The summed E-state index contributed by atoms with van der Waals surface area (Å²) in [7, 11) is 0.